The molecule has 2 amide bonds. The van der Waals surface area contributed by atoms with E-state index in [0.717, 1.165) is 5.56 Å². The zero-order chi connectivity index (χ0) is 48.6. The molecule has 0 aliphatic rings. The fraction of sp³-hybridized carbons (Fsp3) is 0.386. The standard InChI is InChI=1S/C44H55IN8O11S2/c1-43(2,3)53(44(4,5)6)42(55)63-27-35(64-41(46)54)28-65(56,57)49-37-23-22-36(45)38(40-47-50-52(48-40)26-31-14-20-34(62-9)21-15-31)39(37)66(58,59)51(24-29-10-16-32(60-7)17-11-29)25-30-12-18-33(61-8)19-13-30/h10-23,35,49H,24-28H2,1-9H3,(H2,46,54)/t35-/m1/s1. The summed E-state index contributed by atoms with van der Waals surface area (Å²) in [7, 11) is -4.86. The number of carbonyl (C=O) groups excluding carboxylic acids is 2. The fourth-order valence-corrected chi connectivity index (χ4v) is 11.1. The average molecular weight is 1060 g/mol. The van der Waals surface area contributed by atoms with E-state index in [1.54, 1.807) is 109 Å². The van der Waals surface area contributed by atoms with Gasteiger partial charge in [-0.2, -0.15) is 9.10 Å². The van der Waals surface area contributed by atoms with Crippen LogP contribution in [-0.2, 0) is 49.2 Å². The molecule has 0 bridgehead atoms. The Morgan fingerprint density at radius 3 is 1.70 bits per heavy atom. The minimum Gasteiger partial charge on any atom is -0.497 e. The van der Waals surface area contributed by atoms with Gasteiger partial charge in [-0.05, 0) is 135 Å². The molecule has 5 aromatic rings. The molecule has 0 fully saturated rings. The van der Waals surface area contributed by atoms with Crippen LogP contribution in [0.2, 0.25) is 0 Å². The highest BCUT2D eigenvalue weighted by Gasteiger charge is 2.39. The Morgan fingerprint density at radius 2 is 1.24 bits per heavy atom. The van der Waals surface area contributed by atoms with E-state index in [-0.39, 0.29) is 36.7 Å². The van der Waals surface area contributed by atoms with Gasteiger partial charge in [0.25, 0.3) is 0 Å². The summed E-state index contributed by atoms with van der Waals surface area (Å²) in [5, 5.41) is 13.1. The third-order valence-electron chi connectivity index (χ3n) is 9.77. The van der Waals surface area contributed by atoms with Crippen LogP contribution in [0.25, 0.3) is 11.4 Å². The van der Waals surface area contributed by atoms with Gasteiger partial charge in [-0.25, -0.2) is 26.4 Å². The van der Waals surface area contributed by atoms with Gasteiger partial charge in [-0.15, -0.1) is 10.2 Å². The number of methoxy groups -OCH3 is 3. The van der Waals surface area contributed by atoms with Crippen LogP contribution in [-0.4, -0.2) is 109 Å². The second-order valence-corrected chi connectivity index (χ2v) is 21.8. The Bertz CT molecular complexity index is 2630. The van der Waals surface area contributed by atoms with Crippen LogP contribution in [0.4, 0.5) is 15.3 Å². The predicted molar refractivity (Wildman–Crippen MR) is 255 cm³/mol. The predicted octanol–water partition coefficient (Wildman–Crippen LogP) is 6.65. The smallest absolute Gasteiger partial charge is 0.410 e. The van der Waals surface area contributed by atoms with Crippen molar-refractivity contribution in [1.82, 2.24) is 29.4 Å². The Labute approximate surface area is 399 Å². The van der Waals surface area contributed by atoms with Crippen molar-refractivity contribution in [2.75, 3.05) is 38.4 Å². The summed E-state index contributed by atoms with van der Waals surface area (Å²) in [5.74, 6) is 0.637. The molecule has 19 nitrogen and oxygen atoms in total. The lowest BCUT2D eigenvalue weighted by Crippen LogP contribution is -2.56. The lowest BCUT2D eigenvalue weighted by atomic mass is 9.97. The highest BCUT2D eigenvalue weighted by atomic mass is 127. The molecule has 0 aliphatic carbocycles. The normalized spacial score (nSPS) is 12.6. The topological polar surface area (TPSA) is 237 Å². The first-order valence-electron chi connectivity index (χ1n) is 20.4. The van der Waals surface area contributed by atoms with Crippen LogP contribution >= 0.6 is 22.6 Å². The zero-order valence-corrected chi connectivity index (χ0v) is 41.9. The van der Waals surface area contributed by atoms with E-state index in [4.69, 9.17) is 29.4 Å². The molecule has 4 aromatic carbocycles. The Hall–Kier alpha value is -5.72. The van der Waals surface area contributed by atoms with Crippen molar-refractivity contribution >= 4 is 60.5 Å². The third kappa shape index (κ3) is 13.4. The molecule has 0 unspecified atom stereocenters. The maximum absolute atomic E-state index is 15.6. The lowest BCUT2D eigenvalue weighted by Gasteiger charge is -2.44. The number of sulfonamides is 2. The van der Waals surface area contributed by atoms with Crippen molar-refractivity contribution in [1.29, 1.82) is 0 Å². The van der Waals surface area contributed by atoms with Gasteiger partial charge in [0.1, 0.15) is 34.5 Å². The van der Waals surface area contributed by atoms with Gasteiger partial charge in [-0.3, -0.25) is 9.62 Å². The van der Waals surface area contributed by atoms with Crippen molar-refractivity contribution in [3.63, 3.8) is 0 Å². The third-order valence-corrected chi connectivity index (χ3v) is 13.9. The van der Waals surface area contributed by atoms with E-state index in [9.17, 15) is 18.0 Å². The van der Waals surface area contributed by atoms with E-state index in [2.05, 4.69) is 20.1 Å². The molecule has 1 atom stereocenters. The minimum atomic E-state index is -4.77. The van der Waals surface area contributed by atoms with E-state index in [1.807, 2.05) is 34.7 Å². The van der Waals surface area contributed by atoms with E-state index >= 15 is 8.42 Å². The number of nitrogens with two attached hydrogens (primary N) is 1. The summed E-state index contributed by atoms with van der Waals surface area (Å²) in [5.41, 5.74) is 5.47. The molecule has 0 radical (unpaired) electrons. The maximum atomic E-state index is 15.6. The number of rotatable bonds is 19. The van der Waals surface area contributed by atoms with Crippen molar-refractivity contribution in [3.05, 3.63) is 105 Å². The van der Waals surface area contributed by atoms with Crippen molar-refractivity contribution in [3.8, 4) is 28.6 Å². The molecule has 0 saturated heterocycles. The highest BCUT2D eigenvalue weighted by molar-refractivity contribution is 14.1. The summed E-state index contributed by atoms with van der Waals surface area (Å²) < 4.78 is 90.2. The number of carbonyl (C=O) groups is 2. The summed E-state index contributed by atoms with van der Waals surface area (Å²) in [4.78, 5) is 27.7. The number of tetrazole rings is 1. The van der Waals surface area contributed by atoms with E-state index in [0.29, 0.717) is 31.9 Å². The molecule has 3 N–H and O–H groups in total. The lowest BCUT2D eigenvalue weighted by molar-refractivity contribution is -0.000151. The summed E-state index contributed by atoms with van der Waals surface area (Å²) in [6.45, 7) is 9.93. The number of ether oxygens (including phenoxy) is 5. The number of hydrogen-bond acceptors (Lipinski definition) is 14. The molecular formula is C44H55IN8O11S2. The Balaban J connectivity index is 1.62. The molecule has 356 valence electrons. The number of amides is 2. The number of aromatic nitrogens is 4. The molecule has 0 aliphatic heterocycles. The Morgan fingerprint density at radius 1 is 0.758 bits per heavy atom. The second-order valence-electron chi connectivity index (χ2n) is 17.0. The van der Waals surface area contributed by atoms with Gasteiger partial charge >= 0.3 is 12.2 Å². The van der Waals surface area contributed by atoms with Gasteiger partial charge < -0.3 is 29.4 Å². The first-order chi connectivity index (χ1) is 30.9. The molecule has 0 saturated carbocycles. The molecule has 1 aromatic heterocycles. The van der Waals surface area contributed by atoms with Crippen LogP contribution in [0.3, 0.4) is 0 Å². The van der Waals surface area contributed by atoms with Gasteiger partial charge in [0.2, 0.25) is 25.9 Å². The van der Waals surface area contributed by atoms with Crippen molar-refractivity contribution in [2.45, 2.75) is 83.3 Å². The summed E-state index contributed by atoms with van der Waals surface area (Å²) in [6, 6.07) is 23.6. The average Bonchev–Trinajstić information content (AvgIpc) is 3.70. The van der Waals surface area contributed by atoms with E-state index in [1.165, 1.54) is 40.4 Å². The molecule has 5 rings (SSSR count). The number of nitrogens with one attached hydrogen (secondary N) is 1. The van der Waals surface area contributed by atoms with Crippen molar-refractivity contribution < 1.29 is 50.1 Å². The van der Waals surface area contributed by atoms with Gasteiger partial charge in [0, 0.05) is 27.7 Å². The second kappa shape index (κ2) is 21.3. The fourth-order valence-electron chi connectivity index (χ4n) is 7.16. The number of benzene rings is 4. The minimum absolute atomic E-state index is 0.0467. The number of hydrogen-bond donors (Lipinski definition) is 2. The van der Waals surface area contributed by atoms with Gasteiger partial charge in [-0.1, -0.05) is 36.4 Å². The van der Waals surface area contributed by atoms with Crippen molar-refractivity contribution in [2.24, 2.45) is 5.73 Å². The van der Waals surface area contributed by atoms with E-state index < -0.39 is 66.7 Å². The molecule has 0 spiro atoms. The first kappa shape index (κ1) is 51.3. The zero-order valence-electron chi connectivity index (χ0n) is 38.1. The summed E-state index contributed by atoms with van der Waals surface area (Å²) >= 11 is 1.93. The molecule has 66 heavy (non-hydrogen) atoms. The van der Waals surface area contributed by atoms with Crippen LogP contribution in [0.5, 0.6) is 17.2 Å². The number of anilines is 1. The monoisotopic (exact) mass is 1060 g/mol. The van der Waals surface area contributed by atoms with Crippen LogP contribution < -0.4 is 24.7 Å². The summed E-state index contributed by atoms with van der Waals surface area (Å²) in [6.07, 6.45) is -3.74. The number of primary amides is 1. The Kier molecular flexibility index (Phi) is 16.5. The van der Waals surface area contributed by atoms with Crippen LogP contribution in [0.1, 0.15) is 58.2 Å². The number of nitrogens with zero attached hydrogens (tertiary/aromatic N) is 6. The highest BCUT2D eigenvalue weighted by Crippen LogP contribution is 2.39. The van der Waals surface area contributed by atoms with Gasteiger partial charge in [0.05, 0.1) is 39.1 Å². The van der Waals surface area contributed by atoms with Crippen LogP contribution in [0.15, 0.2) is 89.8 Å². The SMILES string of the molecule is COc1ccc(CN(Cc2ccc(OC)cc2)S(=O)(=O)c2c(NS(=O)(=O)C[C@@H](COC(=O)N(C(C)(C)C)C(C)(C)C)OC(N)=O)ccc(I)c2-c2nnn(Cc3ccc(OC)cc3)n2)cc1. The molecule has 22 heteroatoms. The van der Waals surface area contributed by atoms with Crippen LogP contribution in [0, 0.1) is 3.57 Å². The quantitative estimate of drug-likeness (QED) is 0.0824. The van der Waals surface area contributed by atoms with Gasteiger partial charge in [0.15, 0.2) is 6.10 Å². The number of halogens is 1. The first-order valence-corrected chi connectivity index (χ1v) is 24.5. The maximum Gasteiger partial charge on any atom is 0.410 e. The molecular weight excluding hydrogens is 1010 g/mol. The molecule has 1 heterocycles. The largest absolute Gasteiger partial charge is 0.497 e.